The van der Waals surface area contributed by atoms with Crippen molar-refractivity contribution in [2.24, 2.45) is 0 Å². The van der Waals surface area contributed by atoms with E-state index in [0.717, 1.165) is 6.42 Å². The molecule has 27 heavy (non-hydrogen) atoms. The fraction of sp³-hybridized carbons (Fsp3) is 0.957. The van der Waals surface area contributed by atoms with Crippen molar-refractivity contribution in [2.75, 3.05) is 19.8 Å². The Hall–Kier alpha value is -0.610. The molecule has 0 aromatic rings. The summed E-state index contributed by atoms with van der Waals surface area (Å²) in [5, 5.41) is 9.53. The predicted molar refractivity (Wildman–Crippen MR) is 113 cm³/mol. The number of carbonyl (C=O) groups is 1. The first kappa shape index (κ1) is 26.4. The fourth-order valence-electron chi connectivity index (χ4n) is 3.23. The van der Waals surface area contributed by atoms with E-state index in [4.69, 9.17) is 9.47 Å². The maximum Gasteiger partial charge on any atom is 0.302 e. The van der Waals surface area contributed by atoms with Crippen molar-refractivity contribution >= 4 is 5.97 Å². The molecule has 0 fully saturated rings. The van der Waals surface area contributed by atoms with Gasteiger partial charge in [-0.2, -0.15) is 0 Å². The summed E-state index contributed by atoms with van der Waals surface area (Å²) >= 11 is 0. The van der Waals surface area contributed by atoms with Crippen LogP contribution in [0.1, 0.15) is 117 Å². The molecule has 0 rings (SSSR count). The van der Waals surface area contributed by atoms with Gasteiger partial charge in [0.2, 0.25) is 0 Å². The Bertz CT molecular complexity index is 307. The highest BCUT2D eigenvalue weighted by Crippen LogP contribution is 2.13. The lowest BCUT2D eigenvalue weighted by Gasteiger charge is -2.10. The van der Waals surface area contributed by atoms with Gasteiger partial charge in [0.05, 0.1) is 6.61 Å². The Morgan fingerprint density at radius 1 is 0.704 bits per heavy atom. The second-order valence-corrected chi connectivity index (χ2v) is 7.83. The number of rotatable bonds is 21. The molecular formula is C23H46O4. The number of esters is 1. The van der Waals surface area contributed by atoms with Gasteiger partial charge in [-0.1, -0.05) is 103 Å². The zero-order chi connectivity index (χ0) is 20.0. The predicted octanol–water partition coefficient (Wildman–Crippen LogP) is 6.19. The van der Waals surface area contributed by atoms with E-state index in [0.29, 0.717) is 6.61 Å². The quantitative estimate of drug-likeness (QED) is 0.189. The smallest absolute Gasteiger partial charge is 0.302 e. The van der Waals surface area contributed by atoms with Crippen molar-refractivity contribution in [3.05, 3.63) is 0 Å². The zero-order valence-electron chi connectivity index (χ0n) is 18.2. The van der Waals surface area contributed by atoms with Gasteiger partial charge in [0.15, 0.2) is 0 Å². The van der Waals surface area contributed by atoms with Gasteiger partial charge in [0.25, 0.3) is 0 Å². The number of hydrogen-bond acceptors (Lipinski definition) is 4. The van der Waals surface area contributed by atoms with E-state index >= 15 is 0 Å². The standard InChI is InChI=1S/C23H46O4/c1-3-4-5-6-7-8-9-10-11-12-13-14-15-16-17-18-19-26-20-23(25)21-27-22(2)24/h23,25H,3-21H2,1-2H3. The minimum absolute atomic E-state index is 0.0221. The van der Waals surface area contributed by atoms with E-state index in [9.17, 15) is 9.90 Å². The second kappa shape index (κ2) is 21.7. The van der Waals surface area contributed by atoms with Gasteiger partial charge in [0.1, 0.15) is 12.7 Å². The summed E-state index contributed by atoms with van der Waals surface area (Å²) in [5.41, 5.74) is 0. The number of unbranched alkanes of at least 4 members (excludes halogenated alkanes) is 15. The largest absolute Gasteiger partial charge is 0.463 e. The highest BCUT2D eigenvalue weighted by atomic mass is 16.5. The first-order chi connectivity index (χ1) is 13.2. The minimum atomic E-state index is -0.713. The highest BCUT2D eigenvalue weighted by molar-refractivity contribution is 5.65. The molecule has 0 bridgehead atoms. The van der Waals surface area contributed by atoms with Crippen molar-refractivity contribution in [2.45, 2.75) is 123 Å². The van der Waals surface area contributed by atoms with Gasteiger partial charge in [-0.3, -0.25) is 4.79 Å². The molecule has 0 aromatic heterocycles. The number of carbonyl (C=O) groups excluding carboxylic acids is 1. The van der Waals surface area contributed by atoms with Crippen molar-refractivity contribution in [1.29, 1.82) is 0 Å². The van der Waals surface area contributed by atoms with Gasteiger partial charge >= 0.3 is 5.97 Å². The van der Waals surface area contributed by atoms with Crippen molar-refractivity contribution < 1.29 is 19.4 Å². The maximum absolute atomic E-state index is 10.6. The third kappa shape index (κ3) is 23.4. The third-order valence-corrected chi connectivity index (χ3v) is 4.93. The Morgan fingerprint density at radius 2 is 1.11 bits per heavy atom. The Labute approximate surface area is 168 Å². The van der Waals surface area contributed by atoms with Crippen LogP contribution < -0.4 is 0 Å². The lowest BCUT2D eigenvalue weighted by atomic mass is 10.0. The molecule has 1 unspecified atom stereocenters. The Morgan fingerprint density at radius 3 is 1.52 bits per heavy atom. The SMILES string of the molecule is CCCCCCCCCCCCCCCCCCOCC(O)COC(C)=O. The van der Waals surface area contributed by atoms with Gasteiger partial charge in [-0.15, -0.1) is 0 Å². The summed E-state index contributed by atoms with van der Waals surface area (Å²) < 4.78 is 10.1. The van der Waals surface area contributed by atoms with Crippen LogP contribution in [0.5, 0.6) is 0 Å². The van der Waals surface area contributed by atoms with Crippen LogP contribution in [0.2, 0.25) is 0 Å². The molecule has 0 aliphatic carbocycles. The highest BCUT2D eigenvalue weighted by Gasteiger charge is 2.05. The van der Waals surface area contributed by atoms with Gasteiger partial charge in [-0.25, -0.2) is 0 Å². The third-order valence-electron chi connectivity index (χ3n) is 4.93. The molecular weight excluding hydrogens is 340 g/mol. The van der Waals surface area contributed by atoms with Gasteiger partial charge in [0, 0.05) is 13.5 Å². The summed E-state index contributed by atoms with van der Waals surface area (Å²) in [6, 6.07) is 0. The summed E-state index contributed by atoms with van der Waals surface area (Å²) in [6.07, 6.45) is 21.0. The molecule has 162 valence electrons. The van der Waals surface area contributed by atoms with Crippen LogP contribution >= 0.6 is 0 Å². The summed E-state index contributed by atoms with van der Waals surface area (Å²) in [6.45, 7) is 4.55. The van der Waals surface area contributed by atoms with Crippen molar-refractivity contribution in [3.8, 4) is 0 Å². The molecule has 4 heteroatoms. The van der Waals surface area contributed by atoms with Crippen LogP contribution in [0.3, 0.4) is 0 Å². The Balaban J connectivity index is 3.08. The first-order valence-electron chi connectivity index (χ1n) is 11.6. The van der Waals surface area contributed by atoms with E-state index in [2.05, 4.69) is 6.92 Å². The van der Waals surface area contributed by atoms with Crippen LogP contribution in [0.4, 0.5) is 0 Å². The molecule has 0 spiro atoms. The second-order valence-electron chi connectivity index (χ2n) is 7.83. The normalized spacial score (nSPS) is 12.3. The van der Waals surface area contributed by atoms with Crippen LogP contribution in [0, 0.1) is 0 Å². The first-order valence-corrected chi connectivity index (χ1v) is 11.6. The summed E-state index contributed by atoms with van der Waals surface area (Å²) in [4.78, 5) is 10.6. The average Bonchev–Trinajstić information content (AvgIpc) is 2.65. The average molecular weight is 387 g/mol. The van der Waals surface area contributed by atoms with E-state index in [1.54, 1.807) is 0 Å². The fourth-order valence-corrected chi connectivity index (χ4v) is 3.23. The lowest BCUT2D eigenvalue weighted by molar-refractivity contribution is -0.145. The number of hydrogen-bond donors (Lipinski definition) is 1. The number of aliphatic hydroxyl groups is 1. The van der Waals surface area contributed by atoms with Crippen molar-refractivity contribution in [3.63, 3.8) is 0 Å². The lowest BCUT2D eigenvalue weighted by Crippen LogP contribution is -2.23. The maximum atomic E-state index is 10.6. The summed E-state index contributed by atoms with van der Waals surface area (Å²) in [7, 11) is 0. The zero-order valence-corrected chi connectivity index (χ0v) is 18.2. The molecule has 0 heterocycles. The molecule has 0 radical (unpaired) electrons. The molecule has 1 N–H and O–H groups in total. The van der Waals surface area contributed by atoms with Crippen molar-refractivity contribution in [1.82, 2.24) is 0 Å². The number of aliphatic hydroxyl groups excluding tert-OH is 1. The molecule has 1 atom stereocenters. The monoisotopic (exact) mass is 386 g/mol. The van der Waals surface area contributed by atoms with Crippen LogP contribution in [0.15, 0.2) is 0 Å². The molecule has 0 aromatic carbocycles. The molecule has 0 saturated carbocycles. The van der Waals surface area contributed by atoms with E-state index in [1.807, 2.05) is 0 Å². The van der Waals surface area contributed by atoms with Crippen LogP contribution in [-0.4, -0.2) is 37.0 Å². The summed E-state index contributed by atoms with van der Waals surface area (Å²) in [5.74, 6) is -0.369. The Kier molecular flexibility index (Phi) is 21.2. The van der Waals surface area contributed by atoms with Gasteiger partial charge in [-0.05, 0) is 6.42 Å². The number of ether oxygens (including phenoxy) is 2. The van der Waals surface area contributed by atoms with E-state index in [1.165, 1.54) is 103 Å². The molecule has 0 aliphatic heterocycles. The molecule has 0 aliphatic rings. The topological polar surface area (TPSA) is 55.8 Å². The van der Waals surface area contributed by atoms with E-state index in [-0.39, 0.29) is 19.2 Å². The minimum Gasteiger partial charge on any atom is -0.463 e. The molecule has 0 saturated heterocycles. The molecule has 0 amide bonds. The van der Waals surface area contributed by atoms with Crippen LogP contribution in [-0.2, 0) is 14.3 Å². The van der Waals surface area contributed by atoms with E-state index < -0.39 is 6.10 Å². The van der Waals surface area contributed by atoms with Crippen LogP contribution in [0.25, 0.3) is 0 Å². The van der Waals surface area contributed by atoms with Gasteiger partial charge < -0.3 is 14.6 Å². The molecule has 4 nitrogen and oxygen atoms in total.